The van der Waals surface area contributed by atoms with E-state index in [1.54, 1.807) is 0 Å². The maximum atomic E-state index is 5.21. The number of nitrogens with zero attached hydrogens (tertiary/aromatic N) is 3. The molecule has 0 bridgehead atoms. The van der Waals surface area contributed by atoms with Crippen molar-refractivity contribution in [2.24, 2.45) is 0 Å². The van der Waals surface area contributed by atoms with E-state index >= 15 is 0 Å². The van der Waals surface area contributed by atoms with Crippen LogP contribution in [-0.4, -0.2) is 9.97 Å². The highest BCUT2D eigenvalue weighted by molar-refractivity contribution is 7.23. The molecule has 0 saturated heterocycles. The second-order valence-electron chi connectivity index (χ2n) is 12.5. The Labute approximate surface area is 283 Å². The molecule has 3 nitrogen and oxygen atoms in total. The summed E-state index contributed by atoms with van der Waals surface area (Å²) >= 11 is 1.90. The Morgan fingerprint density at radius 3 is 1.88 bits per heavy atom. The standard InChI is InChI=1S/C44H29N3S/c1-4-14-28(15-5-1)36-27-37(29-16-6-2-7-17-29)46-43(45-36)31-24-25-32-35(26-31)42-40(30-18-8-3-9-19-30)33-20-10-12-22-38(33)47(42)44-41(32)34-21-11-13-23-39(34)48-44/h1-27,40,42H. The monoisotopic (exact) mass is 631 g/mol. The number of rotatable bonds is 4. The Morgan fingerprint density at radius 1 is 0.521 bits per heavy atom. The lowest BCUT2D eigenvalue weighted by atomic mass is 9.80. The highest BCUT2D eigenvalue weighted by Gasteiger charge is 2.46. The molecule has 48 heavy (non-hydrogen) atoms. The maximum Gasteiger partial charge on any atom is 0.160 e. The van der Waals surface area contributed by atoms with Crippen LogP contribution in [-0.2, 0) is 0 Å². The third-order valence-corrected chi connectivity index (χ3v) is 11.0. The van der Waals surface area contributed by atoms with Crippen molar-refractivity contribution in [1.82, 2.24) is 9.97 Å². The van der Waals surface area contributed by atoms with E-state index in [-0.39, 0.29) is 12.0 Å². The van der Waals surface area contributed by atoms with Crippen molar-refractivity contribution in [3.05, 3.63) is 180 Å². The molecule has 2 aliphatic heterocycles. The molecule has 4 heteroatoms. The van der Waals surface area contributed by atoms with E-state index < -0.39 is 0 Å². The molecule has 8 aromatic rings. The first-order valence-electron chi connectivity index (χ1n) is 16.4. The van der Waals surface area contributed by atoms with Crippen molar-refractivity contribution in [3.63, 3.8) is 0 Å². The quantitative estimate of drug-likeness (QED) is 0.193. The van der Waals surface area contributed by atoms with E-state index in [9.17, 15) is 0 Å². The molecule has 0 radical (unpaired) electrons. The molecule has 10 rings (SSSR count). The zero-order chi connectivity index (χ0) is 31.6. The number of hydrogen-bond acceptors (Lipinski definition) is 4. The zero-order valence-electron chi connectivity index (χ0n) is 26.0. The maximum absolute atomic E-state index is 5.21. The number of benzene rings is 6. The molecule has 0 N–H and O–H groups in total. The second-order valence-corrected chi connectivity index (χ2v) is 13.6. The summed E-state index contributed by atoms with van der Waals surface area (Å²) in [6.07, 6.45) is 0. The summed E-state index contributed by atoms with van der Waals surface area (Å²) in [5.74, 6) is 0.906. The summed E-state index contributed by atoms with van der Waals surface area (Å²) in [7, 11) is 0. The Hall–Kier alpha value is -5.84. The van der Waals surface area contributed by atoms with E-state index in [1.807, 2.05) is 23.5 Å². The number of hydrogen-bond donors (Lipinski definition) is 0. The number of thiophene rings is 1. The normalized spacial score (nSPS) is 15.9. The molecule has 6 aromatic carbocycles. The molecule has 2 atom stereocenters. The fourth-order valence-corrected chi connectivity index (χ4v) is 9.01. The predicted molar refractivity (Wildman–Crippen MR) is 199 cm³/mol. The van der Waals surface area contributed by atoms with E-state index in [0.29, 0.717) is 0 Å². The summed E-state index contributed by atoms with van der Waals surface area (Å²) in [6, 6.07) is 58.8. The van der Waals surface area contributed by atoms with E-state index in [4.69, 9.17) is 9.97 Å². The van der Waals surface area contributed by atoms with Gasteiger partial charge in [0.05, 0.1) is 17.4 Å². The fraction of sp³-hybridized carbons (Fsp3) is 0.0455. The van der Waals surface area contributed by atoms with Crippen LogP contribution in [0.3, 0.4) is 0 Å². The van der Waals surface area contributed by atoms with Gasteiger partial charge >= 0.3 is 0 Å². The number of para-hydroxylation sites is 1. The van der Waals surface area contributed by atoms with Crippen molar-refractivity contribution < 1.29 is 0 Å². The van der Waals surface area contributed by atoms with Crippen molar-refractivity contribution in [2.45, 2.75) is 12.0 Å². The number of anilines is 2. The van der Waals surface area contributed by atoms with Gasteiger partial charge in [-0.1, -0.05) is 140 Å². The van der Waals surface area contributed by atoms with Gasteiger partial charge in [0.15, 0.2) is 5.82 Å². The van der Waals surface area contributed by atoms with Crippen molar-refractivity contribution in [3.8, 4) is 45.0 Å². The van der Waals surface area contributed by atoms with Crippen LogP contribution in [0, 0.1) is 0 Å². The molecule has 2 unspecified atom stereocenters. The lowest BCUT2D eigenvalue weighted by molar-refractivity contribution is 0.657. The smallest absolute Gasteiger partial charge is 0.160 e. The molecule has 0 spiro atoms. The summed E-state index contributed by atoms with van der Waals surface area (Å²) < 4.78 is 1.31. The summed E-state index contributed by atoms with van der Waals surface area (Å²) in [6.45, 7) is 0. The van der Waals surface area contributed by atoms with Crippen molar-refractivity contribution in [2.75, 3.05) is 4.90 Å². The van der Waals surface area contributed by atoms with Crippen LogP contribution in [0.2, 0.25) is 0 Å². The summed E-state index contributed by atoms with van der Waals surface area (Å²) in [5.41, 5.74) is 12.9. The SMILES string of the molecule is c1ccc(-c2cc(-c3ccccc3)nc(-c3ccc4c(c3)C3C(c5ccccc5)c5ccccc5N3c3sc5ccccc5c3-4)n2)cc1. The Balaban J connectivity index is 1.24. The summed E-state index contributed by atoms with van der Waals surface area (Å²) in [5, 5.41) is 2.63. The topological polar surface area (TPSA) is 29.0 Å². The Kier molecular flexibility index (Phi) is 6.18. The van der Waals surface area contributed by atoms with Gasteiger partial charge in [0.25, 0.3) is 0 Å². The van der Waals surface area contributed by atoms with Crippen LogP contribution in [0.15, 0.2) is 164 Å². The first-order chi connectivity index (χ1) is 23.8. The summed E-state index contributed by atoms with van der Waals surface area (Å²) in [4.78, 5) is 13.0. The molecule has 0 fully saturated rings. The van der Waals surface area contributed by atoms with E-state index in [1.165, 1.54) is 48.6 Å². The van der Waals surface area contributed by atoms with Gasteiger partial charge < -0.3 is 4.90 Å². The van der Waals surface area contributed by atoms with Gasteiger partial charge in [0, 0.05) is 43.9 Å². The predicted octanol–water partition coefficient (Wildman–Crippen LogP) is 11.7. The average molecular weight is 632 g/mol. The van der Waals surface area contributed by atoms with Crippen LogP contribution >= 0.6 is 11.3 Å². The van der Waals surface area contributed by atoms with Gasteiger partial charge in [-0.15, -0.1) is 11.3 Å². The minimum Gasteiger partial charge on any atom is -0.324 e. The van der Waals surface area contributed by atoms with Gasteiger partial charge in [-0.2, -0.15) is 0 Å². The molecular weight excluding hydrogens is 603 g/mol. The van der Waals surface area contributed by atoms with E-state index in [2.05, 4.69) is 157 Å². The Morgan fingerprint density at radius 2 is 1.15 bits per heavy atom. The minimum absolute atomic E-state index is 0.0891. The van der Waals surface area contributed by atoms with Crippen LogP contribution in [0.4, 0.5) is 10.7 Å². The van der Waals surface area contributed by atoms with Crippen LogP contribution in [0.5, 0.6) is 0 Å². The molecule has 0 saturated carbocycles. The third-order valence-electron chi connectivity index (χ3n) is 9.84. The van der Waals surface area contributed by atoms with Crippen LogP contribution in [0.1, 0.15) is 28.7 Å². The second kappa shape index (κ2) is 10.9. The average Bonchev–Trinajstić information content (AvgIpc) is 3.72. The molecule has 2 aromatic heterocycles. The lowest BCUT2D eigenvalue weighted by Crippen LogP contribution is -2.26. The number of fused-ring (bicyclic) bond motifs is 10. The molecule has 226 valence electrons. The minimum atomic E-state index is 0.0891. The first-order valence-corrected chi connectivity index (χ1v) is 17.2. The fourth-order valence-electron chi connectivity index (χ4n) is 7.74. The number of aromatic nitrogens is 2. The largest absolute Gasteiger partial charge is 0.324 e. The first kappa shape index (κ1) is 27.3. The Bertz CT molecular complexity index is 2410. The molecule has 2 aliphatic rings. The van der Waals surface area contributed by atoms with E-state index in [0.717, 1.165) is 33.9 Å². The molecule has 0 aliphatic carbocycles. The molecular formula is C44H29N3S. The zero-order valence-corrected chi connectivity index (χ0v) is 26.8. The van der Waals surface area contributed by atoms with Gasteiger partial charge in [-0.3, -0.25) is 0 Å². The van der Waals surface area contributed by atoms with Crippen LogP contribution < -0.4 is 4.90 Å². The molecule has 4 heterocycles. The van der Waals surface area contributed by atoms with Crippen LogP contribution in [0.25, 0.3) is 55.1 Å². The molecule has 0 amide bonds. The van der Waals surface area contributed by atoms with Crippen molar-refractivity contribution in [1.29, 1.82) is 0 Å². The third kappa shape index (κ3) is 4.20. The van der Waals surface area contributed by atoms with Gasteiger partial charge in [0.2, 0.25) is 0 Å². The lowest BCUT2D eigenvalue weighted by Gasteiger charge is -2.36. The van der Waals surface area contributed by atoms with Gasteiger partial charge in [0.1, 0.15) is 5.00 Å². The highest BCUT2D eigenvalue weighted by atomic mass is 32.1. The van der Waals surface area contributed by atoms with Gasteiger partial charge in [-0.25, -0.2) is 9.97 Å². The highest BCUT2D eigenvalue weighted by Crippen LogP contribution is 2.64. The van der Waals surface area contributed by atoms with Crippen molar-refractivity contribution >= 4 is 32.1 Å². The van der Waals surface area contributed by atoms with Gasteiger partial charge in [-0.05, 0) is 46.5 Å².